The molecule has 1 aliphatic carbocycles. The summed E-state index contributed by atoms with van der Waals surface area (Å²) in [5.41, 5.74) is -0.856. The van der Waals surface area contributed by atoms with Gasteiger partial charge in [0.1, 0.15) is 5.41 Å². The van der Waals surface area contributed by atoms with E-state index in [1.54, 1.807) is 0 Å². The second-order valence-corrected chi connectivity index (χ2v) is 3.56. The molecule has 1 aliphatic rings. The first-order valence-corrected chi connectivity index (χ1v) is 4.63. The number of hydrogen-bond acceptors (Lipinski definition) is 2. The summed E-state index contributed by atoms with van der Waals surface area (Å²) >= 11 is 0. The van der Waals surface area contributed by atoms with Gasteiger partial charge in [-0.25, -0.2) is 0 Å². The molecular weight excluding hydrogens is 162 g/mol. The van der Waals surface area contributed by atoms with Crippen molar-refractivity contribution in [2.24, 2.45) is 5.41 Å². The van der Waals surface area contributed by atoms with E-state index in [2.05, 4.69) is 12.0 Å². The third-order valence-corrected chi connectivity index (χ3v) is 2.66. The number of nitrogens with zero attached hydrogens (tertiary/aromatic N) is 1. The summed E-state index contributed by atoms with van der Waals surface area (Å²) in [5.74, 6) is 2.49. The Labute approximate surface area is 78.9 Å². The van der Waals surface area contributed by atoms with Gasteiger partial charge in [-0.3, -0.25) is 4.79 Å². The monoisotopic (exact) mass is 175 g/mol. The number of nitriles is 1. The van der Waals surface area contributed by atoms with Crippen LogP contribution >= 0.6 is 0 Å². The van der Waals surface area contributed by atoms with Gasteiger partial charge in [0.05, 0.1) is 6.07 Å². The molecule has 0 N–H and O–H groups in total. The van der Waals surface area contributed by atoms with Crippen molar-refractivity contribution in [2.45, 2.75) is 38.5 Å². The van der Waals surface area contributed by atoms with Crippen molar-refractivity contribution in [3.63, 3.8) is 0 Å². The van der Waals surface area contributed by atoms with Crippen LogP contribution in [-0.2, 0) is 4.79 Å². The van der Waals surface area contributed by atoms with Gasteiger partial charge in [-0.15, -0.1) is 12.3 Å². The highest BCUT2D eigenvalue weighted by molar-refractivity contribution is 5.88. The van der Waals surface area contributed by atoms with Crippen LogP contribution in [0.2, 0.25) is 0 Å². The van der Waals surface area contributed by atoms with Crippen molar-refractivity contribution < 1.29 is 4.79 Å². The topological polar surface area (TPSA) is 40.9 Å². The molecule has 1 saturated carbocycles. The van der Waals surface area contributed by atoms with Gasteiger partial charge in [0.2, 0.25) is 0 Å². The Morgan fingerprint density at radius 3 is 2.85 bits per heavy atom. The Bertz CT molecular complexity index is 281. The summed E-state index contributed by atoms with van der Waals surface area (Å²) in [7, 11) is 0. The van der Waals surface area contributed by atoms with Crippen molar-refractivity contribution in [1.82, 2.24) is 0 Å². The molecule has 1 unspecified atom stereocenters. The van der Waals surface area contributed by atoms with E-state index in [-0.39, 0.29) is 12.2 Å². The third kappa shape index (κ3) is 1.90. The van der Waals surface area contributed by atoms with Crippen LogP contribution in [0.4, 0.5) is 0 Å². The number of rotatable bonds is 1. The molecule has 13 heavy (non-hydrogen) atoms. The minimum Gasteiger partial charge on any atom is -0.298 e. The van der Waals surface area contributed by atoms with E-state index in [0.29, 0.717) is 12.8 Å². The minimum absolute atomic E-state index is 0.0467. The molecule has 0 aromatic rings. The maximum atomic E-state index is 11.6. The molecule has 0 amide bonds. The zero-order valence-electron chi connectivity index (χ0n) is 7.68. The first kappa shape index (κ1) is 9.81. The van der Waals surface area contributed by atoms with Crippen LogP contribution < -0.4 is 0 Å². The van der Waals surface area contributed by atoms with Crippen molar-refractivity contribution in [2.75, 3.05) is 0 Å². The van der Waals surface area contributed by atoms with Crippen LogP contribution in [-0.4, -0.2) is 5.78 Å². The van der Waals surface area contributed by atoms with Gasteiger partial charge < -0.3 is 0 Å². The second kappa shape index (κ2) is 4.10. The molecule has 1 rings (SSSR count). The minimum atomic E-state index is -0.856. The van der Waals surface area contributed by atoms with Gasteiger partial charge in [0, 0.05) is 12.8 Å². The zero-order chi connectivity index (χ0) is 9.73. The van der Waals surface area contributed by atoms with Crippen LogP contribution in [0.3, 0.4) is 0 Å². The molecule has 2 nitrogen and oxygen atoms in total. The van der Waals surface area contributed by atoms with Crippen molar-refractivity contribution >= 4 is 5.78 Å². The van der Waals surface area contributed by atoms with Crippen LogP contribution in [0.15, 0.2) is 0 Å². The maximum Gasteiger partial charge on any atom is 0.154 e. The molecule has 1 fully saturated rings. The van der Waals surface area contributed by atoms with E-state index in [4.69, 9.17) is 11.7 Å². The predicted molar refractivity (Wildman–Crippen MR) is 49.6 cm³/mol. The lowest BCUT2D eigenvalue weighted by atomic mass is 9.78. The quantitative estimate of drug-likeness (QED) is 0.452. The largest absolute Gasteiger partial charge is 0.298 e. The first-order valence-electron chi connectivity index (χ1n) is 4.63. The fourth-order valence-electron chi connectivity index (χ4n) is 1.79. The lowest BCUT2D eigenvalue weighted by molar-refractivity contribution is -0.125. The SMILES string of the molecule is C#CCC1(C#N)CCCCCC1=O. The molecular formula is C11H13NO. The maximum absolute atomic E-state index is 11.6. The van der Waals surface area contributed by atoms with Gasteiger partial charge in [-0.2, -0.15) is 5.26 Å². The normalized spacial score (nSPS) is 28.6. The highest BCUT2D eigenvalue weighted by atomic mass is 16.1. The average molecular weight is 175 g/mol. The number of terminal acetylenes is 1. The van der Waals surface area contributed by atoms with Crippen molar-refractivity contribution in [3.05, 3.63) is 0 Å². The summed E-state index contributed by atoms with van der Waals surface area (Å²) in [6.45, 7) is 0. The molecule has 0 aliphatic heterocycles. The van der Waals surface area contributed by atoms with Gasteiger partial charge in [0.25, 0.3) is 0 Å². The van der Waals surface area contributed by atoms with Gasteiger partial charge in [0.15, 0.2) is 5.78 Å². The van der Waals surface area contributed by atoms with Gasteiger partial charge in [-0.05, 0) is 12.8 Å². The first-order chi connectivity index (χ1) is 6.25. The molecule has 0 spiro atoms. The van der Waals surface area contributed by atoms with Crippen LogP contribution in [0.25, 0.3) is 0 Å². The smallest absolute Gasteiger partial charge is 0.154 e. The Balaban J connectivity index is 2.88. The summed E-state index contributed by atoms with van der Waals surface area (Å²) < 4.78 is 0. The van der Waals surface area contributed by atoms with Gasteiger partial charge >= 0.3 is 0 Å². The number of ketones is 1. The summed E-state index contributed by atoms with van der Waals surface area (Å²) in [5, 5.41) is 9.00. The molecule has 2 heteroatoms. The van der Waals surface area contributed by atoms with Crippen molar-refractivity contribution in [1.29, 1.82) is 5.26 Å². The van der Waals surface area contributed by atoms with E-state index in [0.717, 1.165) is 19.3 Å². The Morgan fingerprint density at radius 1 is 1.46 bits per heavy atom. The molecule has 0 saturated heterocycles. The average Bonchev–Trinajstić information content (AvgIpc) is 2.31. The van der Waals surface area contributed by atoms with Crippen molar-refractivity contribution in [3.8, 4) is 18.4 Å². The van der Waals surface area contributed by atoms with Gasteiger partial charge in [-0.1, -0.05) is 12.8 Å². The number of carbonyl (C=O) groups excluding carboxylic acids is 1. The van der Waals surface area contributed by atoms with E-state index >= 15 is 0 Å². The molecule has 0 aromatic heterocycles. The fourth-order valence-corrected chi connectivity index (χ4v) is 1.79. The van der Waals surface area contributed by atoms with E-state index in [1.807, 2.05) is 0 Å². The summed E-state index contributed by atoms with van der Waals surface area (Å²) in [6, 6.07) is 2.12. The Kier molecular flexibility index (Phi) is 3.09. The Hall–Kier alpha value is -1.28. The number of carbonyl (C=O) groups is 1. The highest BCUT2D eigenvalue weighted by Crippen LogP contribution is 2.34. The summed E-state index contributed by atoms with van der Waals surface area (Å²) in [4.78, 5) is 11.6. The fraction of sp³-hybridized carbons (Fsp3) is 0.636. The van der Waals surface area contributed by atoms with E-state index < -0.39 is 5.41 Å². The molecule has 0 heterocycles. The highest BCUT2D eigenvalue weighted by Gasteiger charge is 2.37. The van der Waals surface area contributed by atoms with Crippen LogP contribution in [0, 0.1) is 29.1 Å². The molecule has 0 radical (unpaired) electrons. The lowest BCUT2D eigenvalue weighted by Gasteiger charge is -2.19. The molecule has 68 valence electrons. The van der Waals surface area contributed by atoms with E-state index in [1.165, 1.54) is 0 Å². The molecule has 0 bridgehead atoms. The second-order valence-electron chi connectivity index (χ2n) is 3.56. The zero-order valence-corrected chi connectivity index (χ0v) is 7.68. The standard InChI is InChI=1S/C11H13NO/c1-2-7-11(9-12)8-5-3-4-6-10(11)13/h1H,3-8H2. The predicted octanol–water partition coefficient (Wildman–Crippen LogP) is 2.05. The lowest BCUT2D eigenvalue weighted by Crippen LogP contribution is -2.27. The van der Waals surface area contributed by atoms with E-state index in [9.17, 15) is 4.79 Å². The Morgan fingerprint density at radius 2 is 2.23 bits per heavy atom. The molecule has 0 aromatic carbocycles. The molecule has 1 atom stereocenters. The third-order valence-electron chi connectivity index (χ3n) is 2.66. The number of Topliss-reactive ketones (excluding diaryl/α,β-unsaturated/α-hetero) is 1. The van der Waals surface area contributed by atoms with Crippen LogP contribution in [0.5, 0.6) is 0 Å². The van der Waals surface area contributed by atoms with Crippen LogP contribution in [0.1, 0.15) is 38.5 Å². The summed E-state index contributed by atoms with van der Waals surface area (Å²) in [6.07, 6.45) is 9.52. The number of hydrogen-bond donors (Lipinski definition) is 0.